The van der Waals surface area contributed by atoms with Crippen LogP contribution in [0.3, 0.4) is 0 Å². The summed E-state index contributed by atoms with van der Waals surface area (Å²) in [6, 6.07) is 15.9. The van der Waals surface area contributed by atoms with Gasteiger partial charge in [-0.3, -0.25) is 4.40 Å². The number of hydrogen-bond acceptors (Lipinski definition) is 4. The number of ether oxygens (including phenoxy) is 1. The van der Waals surface area contributed by atoms with Crippen LogP contribution in [0.15, 0.2) is 65.8 Å². The molecule has 30 heavy (non-hydrogen) atoms. The van der Waals surface area contributed by atoms with Crippen LogP contribution in [0.5, 0.6) is 5.75 Å². The van der Waals surface area contributed by atoms with E-state index in [2.05, 4.69) is 31.8 Å². The Hall–Kier alpha value is -2.83. The molecule has 0 aliphatic rings. The van der Waals surface area contributed by atoms with Crippen molar-refractivity contribution in [1.82, 2.24) is 14.4 Å². The van der Waals surface area contributed by atoms with Gasteiger partial charge in [0.25, 0.3) is 0 Å². The zero-order chi connectivity index (χ0) is 21.5. The van der Waals surface area contributed by atoms with Gasteiger partial charge in [-0.1, -0.05) is 20.8 Å². The van der Waals surface area contributed by atoms with E-state index >= 15 is 0 Å². The molecule has 0 bridgehead atoms. The minimum Gasteiger partial charge on any atom is -0.612 e. The van der Waals surface area contributed by atoms with E-state index in [1.165, 1.54) is 0 Å². The average molecular weight is 420 g/mol. The van der Waals surface area contributed by atoms with Crippen LogP contribution in [-0.4, -0.2) is 32.3 Å². The van der Waals surface area contributed by atoms with Crippen molar-refractivity contribution in [2.75, 3.05) is 13.4 Å². The molecule has 0 aliphatic carbocycles. The lowest BCUT2D eigenvalue weighted by Crippen LogP contribution is -2.16. The predicted molar refractivity (Wildman–Crippen MR) is 121 cm³/mol. The molecule has 5 nitrogen and oxygen atoms in total. The fourth-order valence-electron chi connectivity index (χ4n) is 3.63. The van der Waals surface area contributed by atoms with Gasteiger partial charge in [0.05, 0.1) is 18.5 Å². The molecular weight excluding hydrogens is 394 g/mol. The van der Waals surface area contributed by atoms with Crippen LogP contribution in [0.25, 0.3) is 28.3 Å². The second kappa shape index (κ2) is 7.78. The summed E-state index contributed by atoms with van der Waals surface area (Å²) in [6.45, 7) is 6.43. The molecule has 6 heteroatoms. The number of hydrogen-bond donors (Lipinski definition) is 0. The van der Waals surface area contributed by atoms with E-state index in [1.807, 2.05) is 53.1 Å². The third-order valence-electron chi connectivity index (χ3n) is 5.14. The summed E-state index contributed by atoms with van der Waals surface area (Å²) in [7, 11) is 1.66. The SMILES string of the molecule is COc1ccc(-c2nc3ncccn3c2-c2ccc([S+](C)[O-])c(C(C)(C)C)c2)cc1. The number of imidazole rings is 1. The maximum atomic E-state index is 12.3. The van der Waals surface area contributed by atoms with Crippen LogP contribution in [0.1, 0.15) is 26.3 Å². The van der Waals surface area contributed by atoms with Crippen molar-refractivity contribution in [3.05, 3.63) is 66.5 Å². The van der Waals surface area contributed by atoms with Gasteiger partial charge >= 0.3 is 0 Å². The molecule has 2 heterocycles. The molecular formula is C24H25N3O2S. The second-order valence-electron chi connectivity index (χ2n) is 8.24. The molecule has 4 aromatic rings. The van der Waals surface area contributed by atoms with Crippen molar-refractivity contribution >= 4 is 17.0 Å². The van der Waals surface area contributed by atoms with E-state index in [4.69, 9.17) is 9.72 Å². The summed E-state index contributed by atoms with van der Waals surface area (Å²) in [4.78, 5) is 10.1. The number of nitrogens with zero attached hydrogens (tertiary/aromatic N) is 3. The highest BCUT2D eigenvalue weighted by Gasteiger charge is 2.25. The van der Waals surface area contributed by atoms with Gasteiger partial charge in [-0.25, -0.2) is 9.97 Å². The van der Waals surface area contributed by atoms with Crippen LogP contribution in [-0.2, 0) is 16.6 Å². The predicted octanol–water partition coefficient (Wildman–Crippen LogP) is 5.11. The van der Waals surface area contributed by atoms with Gasteiger partial charge in [-0.2, -0.15) is 0 Å². The van der Waals surface area contributed by atoms with Gasteiger partial charge in [-0.15, -0.1) is 0 Å². The molecule has 0 spiro atoms. The molecule has 0 aliphatic heterocycles. The van der Waals surface area contributed by atoms with E-state index < -0.39 is 11.2 Å². The van der Waals surface area contributed by atoms with Crippen molar-refractivity contribution in [3.8, 4) is 28.3 Å². The third kappa shape index (κ3) is 3.68. The lowest BCUT2D eigenvalue weighted by Gasteiger charge is -2.23. The molecule has 0 radical (unpaired) electrons. The lowest BCUT2D eigenvalue weighted by atomic mass is 9.85. The Morgan fingerprint density at radius 3 is 2.37 bits per heavy atom. The summed E-state index contributed by atoms with van der Waals surface area (Å²) in [6.07, 6.45) is 5.44. The van der Waals surface area contributed by atoms with Crippen LogP contribution in [0.2, 0.25) is 0 Å². The smallest absolute Gasteiger partial charge is 0.234 e. The molecule has 0 saturated carbocycles. The summed E-state index contributed by atoms with van der Waals surface area (Å²) < 4.78 is 19.6. The van der Waals surface area contributed by atoms with Gasteiger partial charge in [0.15, 0.2) is 4.90 Å². The first-order valence-electron chi connectivity index (χ1n) is 9.75. The molecule has 4 rings (SSSR count). The summed E-state index contributed by atoms with van der Waals surface area (Å²) >= 11 is -1.06. The molecule has 1 unspecified atom stereocenters. The summed E-state index contributed by atoms with van der Waals surface area (Å²) in [5.41, 5.74) is 4.73. The van der Waals surface area contributed by atoms with Crippen molar-refractivity contribution in [2.24, 2.45) is 0 Å². The molecule has 0 amide bonds. The molecule has 0 fully saturated rings. The topological polar surface area (TPSA) is 62.5 Å². The van der Waals surface area contributed by atoms with Crippen LogP contribution >= 0.6 is 0 Å². The Morgan fingerprint density at radius 1 is 1.03 bits per heavy atom. The van der Waals surface area contributed by atoms with E-state index in [0.29, 0.717) is 5.78 Å². The van der Waals surface area contributed by atoms with Crippen LogP contribution < -0.4 is 4.74 Å². The molecule has 2 aromatic heterocycles. The highest BCUT2D eigenvalue weighted by atomic mass is 32.2. The lowest BCUT2D eigenvalue weighted by molar-refractivity contribution is 0.415. The molecule has 1 atom stereocenters. The van der Waals surface area contributed by atoms with E-state index in [1.54, 1.807) is 19.6 Å². The normalized spacial score (nSPS) is 12.9. The average Bonchev–Trinajstić information content (AvgIpc) is 3.12. The minimum absolute atomic E-state index is 0.143. The van der Waals surface area contributed by atoms with Crippen LogP contribution in [0.4, 0.5) is 0 Å². The third-order valence-corrected chi connectivity index (χ3v) is 6.11. The zero-order valence-electron chi connectivity index (χ0n) is 17.8. The highest BCUT2D eigenvalue weighted by Crippen LogP contribution is 2.37. The first kappa shape index (κ1) is 20.4. The van der Waals surface area contributed by atoms with E-state index in [-0.39, 0.29) is 5.41 Å². The number of methoxy groups -OCH3 is 1. The Balaban J connectivity index is 1.98. The number of fused-ring (bicyclic) bond motifs is 1. The molecule has 0 saturated heterocycles. The standard InChI is InChI=1S/C24H25N3O2S/c1-24(2,3)19-15-17(9-12-20(19)30(5)28)22-21(16-7-10-18(29-4)11-8-16)26-23-25-13-6-14-27(22)23/h6-15H,1-5H3. The van der Waals surface area contributed by atoms with Crippen molar-refractivity contribution in [3.63, 3.8) is 0 Å². The number of benzene rings is 2. The molecule has 154 valence electrons. The van der Waals surface area contributed by atoms with Crippen molar-refractivity contribution < 1.29 is 9.29 Å². The number of aromatic nitrogens is 3. The van der Waals surface area contributed by atoms with Crippen molar-refractivity contribution in [1.29, 1.82) is 0 Å². The van der Waals surface area contributed by atoms with E-state index in [0.717, 1.165) is 38.7 Å². The second-order valence-corrected chi connectivity index (χ2v) is 9.59. The molecule has 2 aromatic carbocycles. The Kier molecular flexibility index (Phi) is 5.30. The Labute approximate surface area is 180 Å². The van der Waals surface area contributed by atoms with Gasteiger partial charge in [0, 0.05) is 29.1 Å². The summed E-state index contributed by atoms with van der Waals surface area (Å²) in [5, 5.41) is 0. The van der Waals surface area contributed by atoms with Gasteiger partial charge in [0.1, 0.15) is 12.0 Å². The van der Waals surface area contributed by atoms with E-state index in [9.17, 15) is 4.55 Å². The fraction of sp³-hybridized carbons (Fsp3) is 0.250. The van der Waals surface area contributed by atoms with Gasteiger partial charge in [0.2, 0.25) is 5.78 Å². The summed E-state index contributed by atoms with van der Waals surface area (Å²) in [5.74, 6) is 1.44. The maximum absolute atomic E-state index is 12.3. The zero-order valence-corrected chi connectivity index (χ0v) is 18.7. The fourth-order valence-corrected chi connectivity index (χ4v) is 4.56. The van der Waals surface area contributed by atoms with Gasteiger partial charge < -0.3 is 9.29 Å². The quantitative estimate of drug-likeness (QED) is 0.431. The monoisotopic (exact) mass is 419 g/mol. The first-order chi connectivity index (χ1) is 14.3. The molecule has 0 N–H and O–H groups in total. The van der Waals surface area contributed by atoms with Gasteiger partial charge in [-0.05, 0) is 65.1 Å². The number of rotatable bonds is 4. The minimum atomic E-state index is -1.06. The highest BCUT2D eigenvalue weighted by molar-refractivity contribution is 7.90. The maximum Gasteiger partial charge on any atom is 0.234 e. The largest absolute Gasteiger partial charge is 0.612 e. The first-order valence-corrected chi connectivity index (χ1v) is 11.3. The van der Waals surface area contributed by atoms with Crippen LogP contribution in [0, 0.1) is 0 Å². The Morgan fingerprint density at radius 2 is 1.73 bits per heavy atom. The van der Waals surface area contributed by atoms with Crippen molar-refractivity contribution in [2.45, 2.75) is 31.1 Å². The Bertz CT molecular complexity index is 1190.